The lowest BCUT2D eigenvalue weighted by Gasteiger charge is -2.32. The van der Waals surface area contributed by atoms with Crippen LogP contribution in [0.15, 0.2) is 59.9 Å². The lowest BCUT2D eigenvalue weighted by Crippen LogP contribution is -2.49. The molecule has 0 radical (unpaired) electrons. The molecule has 2 bridgehead atoms. The molecule has 166 valence electrons. The number of pyridine rings is 1. The Kier molecular flexibility index (Phi) is 4.98. The Balaban J connectivity index is 1.23. The lowest BCUT2D eigenvalue weighted by molar-refractivity contribution is -0.130. The molecule has 2 aliphatic heterocycles. The first-order valence-electron chi connectivity index (χ1n) is 10.4. The van der Waals surface area contributed by atoms with E-state index in [1.54, 1.807) is 64.3 Å². The minimum absolute atomic E-state index is 0.00843. The van der Waals surface area contributed by atoms with Gasteiger partial charge in [0.1, 0.15) is 5.65 Å². The average Bonchev–Trinajstić information content (AvgIpc) is 3.52. The molecule has 2 atom stereocenters. The normalized spacial score (nSPS) is 20.7. The molecule has 1 N–H and O–H groups in total. The van der Waals surface area contributed by atoms with Crippen LogP contribution in [0, 0.1) is 0 Å². The summed E-state index contributed by atoms with van der Waals surface area (Å²) < 4.78 is 29.5. The maximum atomic E-state index is 13.1. The zero-order valence-electron chi connectivity index (χ0n) is 17.5. The van der Waals surface area contributed by atoms with Crippen LogP contribution in [-0.2, 0) is 21.4 Å². The lowest BCUT2D eigenvalue weighted by atomic mass is 10.2. The molecule has 2 aliphatic rings. The number of aromatic nitrogens is 2. The molecule has 2 saturated heterocycles. The Labute approximate surface area is 185 Å². The first-order valence-corrected chi connectivity index (χ1v) is 11.9. The van der Waals surface area contributed by atoms with E-state index in [1.807, 2.05) is 0 Å². The van der Waals surface area contributed by atoms with Gasteiger partial charge in [0.05, 0.1) is 10.5 Å². The fourth-order valence-corrected chi connectivity index (χ4v) is 6.23. The number of imidazole rings is 1. The number of benzene rings is 1. The maximum Gasteiger partial charge on any atom is 0.253 e. The van der Waals surface area contributed by atoms with Crippen molar-refractivity contribution in [3.05, 3.63) is 66.1 Å². The second kappa shape index (κ2) is 7.72. The summed E-state index contributed by atoms with van der Waals surface area (Å²) in [5, 5.41) is 2.85. The largest absolute Gasteiger partial charge is 0.348 e. The van der Waals surface area contributed by atoms with Crippen molar-refractivity contribution in [1.82, 2.24) is 23.9 Å². The quantitative estimate of drug-likeness (QED) is 0.626. The summed E-state index contributed by atoms with van der Waals surface area (Å²) in [5.74, 6) is -0.230. The van der Waals surface area contributed by atoms with Crippen LogP contribution in [-0.4, -0.2) is 64.0 Å². The molecule has 0 spiro atoms. The summed E-state index contributed by atoms with van der Waals surface area (Å²) >= 11 is 0. The van der Waals surface area contributed by atoms with Crippen molar-refractivity contribution >= 4 is 27.5 Å². The van der Waals surface area contributed by atoms with Gasteiger partial charge >= 0.3 is 0 Å². The minimum Gasteiger partial charge on any atom is -0.348 e. The van der Waals surface area contributed by atoms with Gasteiger partial charge < -0.3 is 14.6 Å². The monoisotopic (exact) mass is 453 g/mol. The zero-order valence-corrected chi connectivity index (χ0v) is 18.3. The molecule has 5 rings (SSSR count). The van der Waals surface area contributed by atoms with Gasteiger partial charge in [0.25, 0.3) is 5.91 Å². The standard InChI is InChI=1S/C22H23N5O4S/c1-15(28)26-13-19-10-18(26)14-27(19)32(30,31)20-5-2-16(3-6-20)11-24-22(29)17-4-7-21-23-8-9-25(21)12-17/h2-9,12,18-19H,10-11,13-14H2,1H3,(H,24,29). The van der Waals surface area contributed by atoms with Gasteiger partial charge in [-0.3, -0.25) is 9.59 Å². The van der Waals surface area contributed by atoms with Gasteiger partial charge in [0, 0.05) is 57.2 Å². The van der Waals surface area contributed by atoms with E-state index >= 15 is 0 Å². The highest BCUT2D eigenvalue weighted by Crippen LogP contribution is 2.34. The number of hydrogen-bond acceptors (Lipinski definition) is 5. The molecule has 2 aromatic heterocycles. The molecule has 0 saturated carbocycles. The summed E-state index contributed by atoms with van der Waals surface area (Å²) in [5.41, 5.74) is 2.07. The van der Waals surface area contributed by atoms with E-state index in [9.17, 15) is 18.0 Å². The highest BCUT2D eigenvalue weighted by molar-refractivity contribution is 7.89. The Morgan fingerprint density at radius 3 is 2.56 bits per heavy atom. The third-order valence-electron chi connectivity index (χ3n) is 6.23. The Hall–Kier alpha value is -3.24. The predicted molar refractivity (Wildman–Crippen MR) is 116 cm³/mol. The first-order chi connectivity index (χ1) is 15.3. The number of nitrogens with zero attached hydrogens (tertiary/aromatic N) is 4. The summed E-state index contributed by atoms with van der Waals surface area (Å²) in [7, 11) is -3.63. The predicted octanol–water partition coefficient (Wildman–Crippen LogP) is 1.26. The van der Waals surface area contributed by atoms with Crippen LogP contribution in [0.1, 0.15) is 29.3 Å². The highest BCUT2D eigenvalue weighted by Gasteiger charge is 2.49. The van der Waals surface area contributed by atoms with E-state index in [0.29, 0.717) is 25.1 Å². The molecule has 3 aromatic rings. The molecular weight excluding hydrogens is 430 g/mol. The van der Waals surface area contributed by atoms with Gasteiger partial charge in [-0.1, -0.05) is 12.1 Å². The summed E-state index contributed by atoms with van der Waals surface area (Å²) in [6.45, 7) is 2.59. The average molecular weight is 454 g/mol. The number of hydrogen-bond donors (Lipinski definition) is 1. The topological polar surface area (TPSA) is 104 Å². The fraction of sp³-hybridized carbons (Fsp3) is 0.318. The smallest absolute Gasteiger partial charge is 0.253 e. The van der Waals surface area contributed by atoms with E-state index in [4.69, 9.17) is 0 Å². The van der Waals surface area contributed by atoms with Crippen LogP contribution in [0.25, 0.3) is 5.65 Å². The third-order valence-corrected chi connectivity index (χ3v) is 8.16. The number of carbonyl (C=O) groups excluding carboxylic acids is 2. The van der Waals surface area contributed by atoms with Crippen LogP contribution in [0.5, 0.6) is 0 Å². The van der Waals surface area contributed by atoms with Crippen molar-refractivity contribution in [1.29, 1.82) is 0 Å². The SMILES string of the molecule is CC(=O)N1CC2CC1CN2S(=O)(=O)c1ccc(CNC(=O)c2ccc3nccn3c2)cc1. The van der Waals surface area contributed by atoms with Gasteiger partial charge in [-0.15, -0.1) is 0 Å². The summed E-state index contributed by atoms with van der Waals surface area (Å²) in [6, 6.07) is 9.85. The summed E-state index contributed by atoms with van der Waals surface area (Å²) in [6.07, 6.45) is 5.84. The molecule has 1 aromatic carbocycles. The van der Waals surface area contributed by atoms with Gasteiger partial charge in [0.2, 0.25) is 15.9 Å². The molecule has 2 fully saturated rings. The van der Waals surface area contributed by atoms with Crippen LogP contribution in [0.3, 0.4) is 0 Å². The van der Waals surface area contributed by atoms with Crippen molar-refractivity contribution in [3.8, 4) is 0 Å². The zero-order chi connectivity index (χ0) is 22.5. The van der Waals surface area contributed by atoms with E-state index in [0.717, 1.165) is 11.2 Å². The van der Waals surface area contributed by atoms with Gasteiger partial charge in [-0.25, -0.2) is 13.4 Å². The number of fused-ring (bicyclic) bond motifs is 3. The van der Waals surface area contributed by atoms with Crippen LogP contribution >= 0.6 is 0 Å². The van der Waals surface area contributed by atoms with E-state index in [1.165, 1.54) is 11.2 Å². The van der Waals surface area contributed by atoms with Crippen LogP contribution in [0.2, 0.25) is 0 Å². The Morgan fingerprint density at radius 1 is 1.09 bits per heavy atom. The molecule has 2 unspecified atom stereocenters. The van der Waals surface area contributed by atoms with Crippen molar-refractivity contribution in [3.63, 3.8) is 0 Å². The number of nitrogens with one attached hydrogen (secondary N) is 1. The van der Waals surface area contributed by atoms with Gasteiger partial charge in [-0.05, 0) is 36.2 Å². The molecular formula is C22H23N5O4S. The number of likely N-dealkylation sites (tertiary alicyclic amines) is 1. The van der Waals surface area contributed by atoms with Crippen molar-refractivity contribution in [2.24, 2.45) is 0 Å². The minimum atomic E-state index is -3.63. The van der Waals surface area contributed by atoms with E-state index in [-0.39, 0.29) is 35.3 Å². The molecule has 9 nitrogen and oxygen atoms in total. The van der Waals surface area contributed by atoms with E-state index in [2.05, 4.69) is 10.3 Å². The fourth-order valence-electron chi connectivity index (χ4n) is 4.56. The second-order valence-corrected chi connectivity index (χ2v) is 10.1. The van der Waals surface area contributed by atoms with Crippen molar-refractivity contribution in [2.45, 2.75) is 36.9 Å². The van der Waals surface area contributed by atoms with Gasteiger partial charge in [-0.2, -0.15) is 4.31 Å². The number of amides is 2. The van der Waals surface area contributed by atoms with Crippen LogP contribution < -0.4 is 5.32 Å². The number of piperazine rings is 1. The summed E-state index contributed by atoms with van der Waals surface area (Å²) in [4.78, 5) is 30.3. The van der Waals surface area contributed by atoms with Crippen molar-refractivity contribution in [2.75, 3.05) is 13.1 Å². The van der Waals surface area contributed by atoms with Crippen LogP contribution in [0.4, 0.5) is 0 Å². The molecule has 4 heterocycles. The van der Waals surface area contributed by atoms with Gasteiger partial charge in [0.15, 0.2) is 0 Å². The molecule has 10 heteroatoms. The number of carbonyl (C=O) groups is 2. The Bertz CT molecular complexity index is 1300. The number of sulfonamides is 1. The third kappa shape index (κ3) is 3.55. The molecule has 2 amide bonds. The Morgan fingerprint density at radius 2 is 1.88 bits per heavy atom. The highest BCUT2D eigenvalue weighted by atomic mass is 32.2. The number of rotatable bonds is 5. The first kappa shape index (κ1) is 20.7. The van der Waals surface area contributed by atoms with Crippen molar-refractivity contribution < 1.29 is 18.0 Å². The molecule has 0 aliphatic carbocycles. The second-order valence-electron chi connectivity index (χ2n) is 8.23. The van der Waals surface area contributed by atoms with E-state index < -0.39 is 10.0 Å². The molecule has 32 heavy (non-hydrogen) atoms. The maximum absolute atomic E-state index is 13.1.